The molecule has 0 bridgehead atoms. The number of ether oxygens (including phenoxy) is 1. The summed E-state index contributed by atoms with van der Waals surface area (Å²) in [5.74, 6) is 0.158. The molecule has 0 radical (unpaired) electrons. The Morgan fingerprint density at radius 1 is 1.40 bits per heavy atom. The fourth-order valence-electron chi connectivity index (χ4n) is 2.31. The number of nitrogens with zero attached hydrogens (tertiary/aromatic N) is 1. The van der Waals surface area contributed by atoms with Gasteiger partial charge in [-0.25, -0.2) is 4.98 Å². The second-order valence-corrected chi connectivity index (χ2v) is 5.52. The first-order chi connectivity index (χ1) is 9.72. The Morgan fingerprint density at radius 3 is 3.05 bits per heavy atom. The van der Waals surface area contributed by atoms with Gasteiger partial charge in [-0.1, -0.05) is 12.1 Å². The van der Waals surface area contributed by atoms with E-state index in [0.717, 1.165) is 35.7 Å². The van der Waals surface area contributed by atoms with E-state index in [0.29, 0.717) is 6.04 Å². The van der Waals surface area contributed by atoms with Crippen LogP contribution in [0.5, 0.6) is 5.75 Å². The van der Waals surface area contributed by atoms with Crippen LogP contribution in [-0.4, -0.2) is 18.1 Å². The summed E-state index contributed by atoms with van der Waals surface area (Å²) in [6.07, 6.45) is 2.26. The minimum absolute atomic E-state index is 0.158. The Balaban J connectivity index is 1.81. The van der Waals surface area contributed by atoms with Crippen molar-refractivity contribution in [2.45, 2.75) is 25.5 Å². The van der Waals surface area contributed by atoms with Crippen LogP contribution in [0, 0.1) is 0 Å². The van der Waals surface area contributed by atoms with Crippen molar-refractivity contribution in [1.29, 1.82) is 0 Å². The van der Waals surface area contributed by atoms with Crippen LogP contribution in [0.1, 0.15) is 23.9 Å². The third-order valence-electron chi connectivity index (χ3n) is 3.24. The highest BCUT2D eigenvalue weighted by Crippen LogP contribution is 2.31. The van der Waals surface area contributed by atoms with Gasteiger partial charge in [0.25, 0.3) is 0 Å². The average molecular weight is 296 g/mol. The van der Waals surface area contributed by atoms with E-state index >= 15 is 0 Å². The standard InChI is InChI=1S/C14H14F2N2OS/c15-14(16)19-10-4-1-3-9(7-10)12-8-20-13(18-12)11-5-2-6-17-11/h1,3-4,7-8,11,14,17H,2,5-6H2. The maximum absolute atomic E-state index is 12.2. The van der Waals surface area contributed by atoms with Gasteiger partial charge in [0.1, 0.15) is 10.8 Å². The van der Waals surface area contributed by atoms with E-state index in [4.69, 9.17) is 0 Å². The van der Waals surface area contributed by atoms with Crippen molar-refractivity contribution >= 4 is 11.3 Å². The lowest BCUT2D eigenvalue weighted by Gasteiger charge is -2.06. The van der Waals surface area contributed by atoms with Crippen molar-refractivity contribution in [3.63, 3.8) is 0 Å². The van der Waals surface area contributed by atoms with Crippen LogP contribution < -0.4 is 10.1 Å². The van der Waals surface area contributed by atoms with E-state index in [1.165, 1.54) is 6.07 Å². The average Bonchev–Trinajstić information content (AvgIpc) is 3.09. The van der Waals surface area contributed by atoms with Crippen molar-refractivity contribution in [3.8, 4) is 17.0 Å². The minimum atomic E-state index is -2.81. The van der Waals surface area contributed by atoms with E-state index in [1.54, 1.807) is 23.5 Å². The van der Waals surface area contributed by atoms with Gasteiger partial charge in [0, 0.05) is 10.9 Å². The number of nitrogens with one attached hydrogen (secondary N) is 1. The fourth-order valence-corrected chi connectivity index (χ4v) is 3.24. The SMILES string of the molecule is FC(F)Oc1cccc(-c2csc(C3CCCN3)n2)c1. The molecule has 1 aromatic carbocycles. The Morgan fingerprint density at radius 2 is 2.30 bits per heavy atom. The summed E-state index contributed by atoms with van der Waals surface area (Å²) in [5, 5.41) is 6.41. The number of rotatable bonds is 4. The third kappa shape index (κ3) is 2.96. The summed E-state index contributed by atoms with van der Waals surface area (Å²) < 4.78 is 28.9. The smallest absolute Gasteiger partial charge is 0.387 e. The van der Waals surface area contributed by atoms with Gasteiger partial charge >= 0.3 is 6.61 Å². The number of alkyl halides is 2. The molecule has 1 fully saturated rings. The van der Waals surface area contributed by atoms with E-state index in [2.05, 4.69) is 15.0 Å². The van der Waals surface area contributed by atoms with Gasteiger partial charge in [-0.05, 0) is 31.5 Å². The monoisotopic (exact) mass is 296 g/mol. The predicted octanol–water partition coefficient (Wildman–Crippen LogP) is 3.84. The Kier molecular flexibility index (Phi) is 3.93. The molecule has 3 nitrogen and oxygen atoms in total. The summed E-state index contributed by atoms with van der Waals surface area (Å²) >= 11 is 1.60. The minimum Gasteiger partial charge on any atom is -0.435 e. The van der Waals surface area contributed by atoms with Gasteiger partial charge in [-0.2, -0.15) is 8.78 Å². The highest BCUT2D eigenvalue weighted by atomic mass is 32.1. The summed E-state index contributed by atoms with van der Waals surface area (Å²) in [4.78, 5) is 4.60. The highest BCUT2D eigenvalue weighted by Gasteiger charge is 2.19. The number of thiazole rings is 1. The zero-order valence-corrected chi connectivity index (χ0v) is 11.5. The molecule has 0 amide bonds. The molecule has 1 unspecified atom stereocenters. The molecule has 0 spiro atoms. The largest absolute Gasteiger partial charge is 0.435 e. The summed E-state index contributed by atoms with van der Waals surface area (Å²) in [6.45, 7) is -1.78. The van der Waals surface area contributed by atoms with Crippen molar-refractivity contribution < 1.29 is 13.5 Å². The number of halogens is 2. The molecule has 1 atom stereocenters. The fraction of sp³-hybridized carbons (Fsp3) is 0.357. The lowest BCUT2D eigenvalue weighted by molar-refractivity contribution is -0.0498. The van der Waals surface area contributed by atoms with Crippen LogP contribution in [0.25, 0.3) is 11.3 Å². The molecule has 1 aliphatic heterocycles. The lowest BCUT2D eigenvalue weighted by Crippen LogP contribution is -2.12. The first-order valence-corrected chi connectivity index (χ1v) is 7.34. The van der Waals surface area contributed by atoms with E-state index < -0.39 is 6.61 Å². The maximum atomic E-state index is 12.2. The van der Waals surface area contributed by atoms with E-state index in [9.17, 15) is 8.78 Å². The quantitative estimate of drug-likeness (QED) is 0.931. The summed E-state index contributed by atoms with van der Waals surface area (Å²) in [7, 11) is 0. The molecular formula is C14H14F2N2OS. The number of hydrogen-bond acceptors (Lipinski definition) is 4. The Labute approximate surface area is 119 Å². The first-order valence-electron chi connectivity index (χ1n) is 6.46. The molecule has 0 aliphatic carbocycles. The van der Waals surface area contributed by atoms with Crippen LogP contribution in [-0.2, 0) is 0 Å². The first kappa shape index (κ1) is 13.5. The van der Waals surface area contributed by atoms with Crippen LogP contribution in [0.15, 0.2) is 29.6 Å². The van der Waals surface area contributed by atoms with Crippen molar-refractivity contribution in [3.05, 3.63) is 34.7 Å². The highest BCUT2D eigenvalue weighted by molar-refractivity contribution is 7.10. The van der Waals surface area contributed by atoms with Crippen molar-refractivity contribution in [2.24, 2.45) is 0 Å². The molecule has 0 saturated carbocycles. The van der Waals surface area contributed by atoms with Gasteiger partial charge in [0.2, 0.25) is 0 Å². The molecular weight excluding hydrogens is 282 g/mol. The molecule has 20 heavy (non-hydrogen) atoms. The summed E-state index contributed by atoms with van der Waals surface area (Å²) in [6, 6.07) is 6.97. The second-order valence-electron chi connectivity index (χ2n) is 4.63. The molecule has 1 aliphatic rings. The molecule has 1 saturated heterocycles. The summed E-state index contributed by atoms with van der Waals surface area (Å²) in [5.41, 5.74) is 1.60. The van der Waals surface area contributed by atoms with E-state index in [1.807, 2.05) is 11.4 Å². The Bertz CT molecular complexity index is 582. The molecule has 2 aromatic rings. The predicted molar refractivity (Wildman–Crippen MR) is 74.2 cm³/mol. The lowest BCUT2D eigenvalue weighted by atomic mass is 10.1. The van der Waals surface area contributed by atoms with Crippen LogP contribution >= 0.6 is 11.3 Å². The van der Waals surface area contributed by atoms with Gasteiger partial charge in [0.05, 0.1) is 11.7 Å². The van der Waals surface area contributed by atoms with Crippen molar-refractivity contribution in [2.75, 3.05) is 6.54 Å². The van der Waals surface area contributed by atoms with Crippen LogP contribution in [0.4, 0.5) is 8.78 Å². The molecule has 6 heteroatoms. The molecule has 3 rings (SSSR count). The van der Waals surface area contributed by atoms with Gasteiger partial charge in [-0.3, -0.25) is 0 Å². The zero-order chi connectivity index (χ0) is 13.9. The maximum Gasteiger partial charge on any atom is 0.387 e. The second kappa shape index (κ2) is 5.85. The van der Waals surface area contributed by atoms with Crippen molar-refractivity contribution in [1.82, 2.24) is 10.3 Å². The van der Waals surface area contributed by atoms with Gasteiger partial charge in [-0.15, -0.1) is 11.3 Å². The zero-order valence-electron chi connectivity index (χ0n) is 10.7. The number of benzene rings is 1. The van der Waals surface area contributed by atoms with Gasteiger partial charge in [0.15, 0.2) is 0 Å². The molecule has 2 heterocycles. The van der Waals surface area contributed by atoms with Gasteiger partial charge < -0.3 is 10.1 Å². The normalized spacial score (nSPS) is 18.6. The number of aromatic nitrogens is 1. The van der Waals surface area contributed by atoms with Crippen LogP contribution in [0.2, 0.25) is 0 Å². The topological polar surface area (TPSA) is 34.1 Å². The third-order valence-corrected chi connectivity index (χ3v) is 4.19. The number of hydrogen-bond donors (Lipinski definition) is 1. The van der Waals surface area contributed by atoms with Crippen LogP contribution in [0.3, 0.4) is 0 Å². The van der Waals surface area contributed by atoms with E-state index in [-0.39, 0.29) is 5.75 Å². The molecule has 1 aromatic heterocycles. The Hall–Kier alpha value is -1.53. The molecule has 106 valence electrons. The molecule has 1 N–H and O–H groups in total.